The van der Waals surface area contributed by atoms with E-state index < -0.39 is 18.6 Å². The van der Waals surface area contributed by atoms with Crippen LogP contribution in [-0.4, -0.2) is 6.18 Å². The van der Waals surface area contributed by atoms with Gasteiger partial charge in [-0.25, -0.2) is 0 Å². The van der Waals surface area contributed by atoms with Crippen molar-refractivity contribution in [2.45, 2.75) is 18.6 Å². The van der Waals surface area contributed by atoms with Crippen LogP contribution in [0.25, 0.3) is 0 Å². The van der Waals surface area contributed by atoms with E-state index in [1.54, 1.807) is 30.3 Å². The Morgan fingerprint density at radius 3 is 2.07 bits per heavy atom. The largest absolute Gasteiger partial charge is 0.390 e. The highest BCUT2D eigenvalue weighted by atomic mass is 35.5. The fourth-order valence-corrected chi connectivity index (χ4v) is 1.07. The topological polar surface area (TPSA) is 26.0 Å². The number of alkyl halides is 3. The standard InChI is InChI=1S/C9H10F3N.ClH/c10-9(11,12)6-8(13)7-4-2-1-3-5-7;/h1-5,8H,6,13H2;1H. The van der Waals surface area contributed by atoms with Crippen molar-refractivity contribution < 1.29 is 13.2 Å². The lowest BCUT2D eigenvalue weighted by atomic mass is 10.1. The molecule has 1 rings (SSSR count). The molecule has 1 atom stereocenters. The second kappa shape index (κ2) is 5.22. The molecule has 0 amide bonds. The SMILES string of the molecule is Cl.NC(CC(F)(F)F)c1ccccc1. The van der Waals surface area contributed by atoms with Crippen LogP contribution in [-0.2, 0) is 0 Å². The maximum atomic E-state index is 11.9. The second-order valence-electron chi connectivity index (χ2n) is 2.84. The minimum absolute atomic E-state index is 0. The molecule has 0 aromatic heterocycles. The van der Waals surface area contributed by atoms with Gasteiger partial charge in [0.25, 0.3) is 0 Å². The van der Waals surface area contributed by atoms with Crippen molar-refractivity contribution in [2.24, 2.45) is 5.73 Å². The Morgan fingerprint density at radius 1 is 1.14 bits per heavy atom. The minimum Gasteiger partial charge on any atom is -0.324 e. The van der Waals surface area contributed by atoms with Crippen LogP contribution in [0.2, 0.25) is 0 Å². The highest BCUT2D eigenvalue weighted by Crippen LogP contribution is 2.27. The quantitative estimate of drug-likeness (QED) is 0.823. The third-order valence-corrected chi connectivity index (χ3v) is 1.68. The zero-order valence-electron chi connectivity index (χ0n) is 7.29. The minimum atomic E-state index is -4.20. The molecular formula is C9H11ClF3N. The summed E-state index contributed by atoms with van der Waals surface area (Å²) >= 11 is 0. The molecule has 1 unspecified atom stereocenters. The third-order valence-electron chi connectivity index (χ3n) is 1.68. The monoisotopic (exact) mass is 225 g/mol. The van der Waals surface area contributed by atoms with E-state index in [0.717, 1.165) is 0 Å². The first kappa shape index (κ1) is 13.3. The Morgan fingerprint density at radius 2 is 1.64 bits per heavy atom. The Hall–Kier alpha value is -0.740. The molecule has 0 aliphatic carbocycles. The summed E-state index contributed by atoms with van der Waals surface area (Å²) < 4.78 is 35.7. The molecule has 1 nitrogen and oxygen atoms in total. The normalized spacial score (nSPS) is 13.1. The van der Waals surface area contributed by atoms with Gasteiger partial charge in [-0.1, -0.05) is 30.3 Å². The average molecular weight is 226 g/mol. The van der Waals surface area contributed by atoms with E-state index in [9.17, 15) is 13.2 Å². The summed E-state index contributed by atoms with van der Waals surface area (Å²) in [5, 5.41) is 0. The first-order valence-electron chi connectivity index (χ1n) is 3.86. The smallest absolute Gasteiger partial charge is 0.324 e. The molecule has 0 heterocycles. The van der Waals surface area contributed by atoms with Crippen LogP contribution in [0.15, 0.2) is 30.3 Å². The van der Waals surface area contributed by atoms with Crippen LogP contribution >= 0.6 is 12.4 Å². The summed E-state index contributed by atoms with van der Waals surface area (Å²) in [6, 6.07) is 7.31. The van der Waals surface area contributed by atoms with E-state index in [1.807, 2.05) is 0 Å². The highest BCUT2D eigenvalue weighted by molar-refractivity contribution is 5.85. The molecule has 2 N–H and O–H groups in total. The van der Waals surface area contributed by atoms with E-state index in [0.29, 0.717) is 5.56 Å². The summed E-state index contributed by atoms with van der Waals surface area (Å²) in [7, 11) is 0. The van der Waals surface area contributed by atoms with Crippen LogP contribution in [0.3, 0.4) is 0 Å². The number of rotatable bonds is 2. The molecule has 0 bridgehead atoms. The fraction of sp³-hybridized carbons (Fsp3) is 0.333. The van der Waals surface area contributed by atoms with Crippen LogP contribution in [0.5, 0.6) is 0 Å². The van der Waals surface area contributed by atoms with Gasteiger partial charge in [0.15, 0.2) is 0 Å². The number of benzene rings is 1. The van der Waals surface area contributed by atoms with Gasteiger partial charge in [0.2, 0.25) is 0 Å². The summed E-state index contributed by atoms with van der Waals surface area (Å²) in [5.74, 6) is 0. The van der Waals surface area contributed by atoms with Gasteiger partial charge < -0.3 is 5.73 Å². The molecule has 0 aliphatic rings. The summed E-state index contributed by atoms with van der Waals surface area (Å²) in [4.78, 5) is 0. The van der Waals surface area contributed by atoms with Crippen molar-refractivity contribution in [3.8, 4) is 0 Å². The van der Waals surface area contributed by atoms with Gasteiger partial charge in [0, 0.05) is 6.04 Å². The summed E-state index contributed by atoms with van der Waals surface area (Å²) in [5.41, 5.74) is 5.87. The number of hydrogen-bond donors (Lipinski definition) is 1. The molecule has 0 fully saturated rings. The van der Waals surface area contributed by atoms with Gasteiger partial charge in [-0.15, -0.1) is 12.4 Å². The van der Waals surface area contributed by atoms with Crippen LogP contribution < -0.4 is 5.73 Å². The van der Waals surface area contributed by atoms with Crippen LogP contribution in [0, 0.1) is 0 Å². The lowest BCUT2D eigenvalue weighted by molar-refractivity contribution is -0.138. The van der Waals surface area contributed by atoms with Crippen LogP contribution in [0.4, 0.5) is 13.2 Å². The molecule has 1 aromatic carbocycles. The zero-order valence-corrected chi connectivity index (χ0v) is 8.11. The van der Waals surface area contributed by atoms with E-state index in [4.69, 9.17) is 5.73 Å². The molecule has 1 aromatic rings. The van der Waals surface area contributed by atoms with Gasteiger partial charge in [-0.2, -0.15) is 13.2 Å². The van der Waals surface area contributed by atoms with Crippen LogP contribution in [0.1, 0.15) is 18.0 Å². The van der Waals surface area contributed by atoms with Gasteiger partial charge in [-0.3, -0.25) is 0 Å². The third kappa shape index (κ3) is 4.48. The molecule has 0 saturated heterocycles. The van der Waals surface area contributed by atoms with Crippen molar-refractivity contribution >= 4 is 12.4 Å². The van der Waals surface area contributed by atoms with Crippen molar-refractivity contribution in [3.05, 3.63) is 35.9 Å². The Labute approximate surface area is 86.5 Å². The predicted molar refractivity (Wildman–Crippen MR) is 51.3 cm³/mol. The molecule has 0 saturated carbocycles. The molecule has 5 heteroatoms. The molecule has 80 valence electrons. The van der Waals surface area contributed by atoms with Crippen molar-refractivity contribution in [3.63, 3.8) is 0 Å². The molecular weight excluding hydrogens is 215 g/mol. The lowest BCUT2D eigenvalue weighted by Gasteiger charge is -2.13. The van der Waals surface area contributed by atoms with E-state index >= 15 is 0 Å². The molecule has 14 heavy (non-hydrogen) atoms. The fourth-order valence-electron chi connectivity index (χ4n) is 1.07. The first-order valence-corrected chi connectivity index (χ1v) is 3.86. The average Bonchev–Trinajstić information content (AvgIpc) is 2.03. The summed E-state index contributed by atoms with van der Waals surface area (Å²) in [6.45, 7) is 0. The predicted octanol–water partition coefficient (Wildman–Crippen LogP) is 3.06. The molecule has 0 spiro atoms. The molecule has 0 aliphatic heterocycles. The Bertz CT molecular complexity index is 261. The number of nitrogens with two attached hydrogens (primary N) is 1. The van der Waals surface area contributed by atoms with Crippen molar-refractivity contribution in [1.82, 2.24) is 0 Å². The summed E-state index contributed by atoms with van der Waals surface area (Å²) in [6.07, 6.45) is -5.17. The van der Waals surface area contributed by atoms with Crippen molar-refractivity contribution in [2.75, 3.05) is 0 Å². The maximum Gasteiger partial charge on any atom is 0.390 e. The van der Waals surface area contributed by atoms with Gasteiger partial charge >= 0.3 is 6.18 Å². The van der Waals surface area contributed by atoms with Gasteiger partial charge in [-0.05, 0) is 5.56 Å². The van der Waals surface area contributed by atoms with E-state index in [-0.39, 0.29) is 12.4 Å². The Kier molecular flexibility index (Phi) is 4.94. The number of halogens is 4. The van der Waals surface area contributed by atoms with E-state index in [1.165, 1.54) is 0 Å². The van der Waals surface area contributed by atoms with Gasteiger partial charge in [0.1, 0.15) is 0 Å². The van der Waals surface area contributed by atoms with Crippen molar-refractivity contribution in [1.29, 1.82) is 0 Å². The Balaban J connectivity index is 0.00000169. The molecule has 0 radical (unpaired) electrons. The second-order valence-corrected chi connectivity index (χ2v) is 2.84. The highest BCUT2D eigenvalue weighted by Gasteiger charge is 2.30. The van der Waals surface area contributed by atoms with E-state index in [2.05, 4.69) is 0 Å². The van der Waals surface area contributed by atoms with Gasteiger partial charge in [0.05, 0.1) is 6.42 Å². The maximum absolute atomic E-state index is 11.9. The zero-order chi connectivity index (χ0) is 9.90. The number of hydrogen-bond acceptors (Lipinski definition) is 1. The first-order chi connectivity index (χ1) is 5.99. The lowest BCUT2D eigenvalue weighted by Crippen LogP contribution is -2.20.